The van der Waals surface area contributed by atoms with E-state index < -0.39 is 0 Å². The first kappa shape index (κ1) is 14.1. The maximum absolute atomic E-state index is 12.4. The largest absolute Gasteiger partial charge is 0.338 e. The average molecular weight is 259 g/mol. The van der Waals surface area contributed by atoms with Crippen LogP contribution in [0, 0.1) is 11.3 Å². The third-order valence-corrected chi connectivity index (χ3v) is 3.87. The minimum Gasteiger partial charge on any atom is -0.338 e. The Kier molecular flexibility index (Phi) is 4.28. The van der Waals surface area contributed by atoms with Gasteiger partial charge < -0.3 is 4.90 Å². The monoisotopic (exact) mass is 259 g/mol. The molecule has 0 spiro atoms. The molecule has 1 aromatic carbocycles. The summed E-state index contributed by atoms with van der Waals surface area (Å²) in [4.78, 5) is 14.4. The van der Waals surface area contributed by atoms with Gasteiger partial charge in [0.25, 0.3) is 0 Å². The van der Waals surface area contributed by atoms with Crippen molar-refractivity contribution >= 4 is 5.91 Å². The normalized spacial score (nSPS) is 20.1. The zero-order chi connectivity index (χ0) is 13.9. The molecule has 2 heteroatoms. The SMILES string of the molecule is CC(C)(C)CCC1CCN(Cc2ccccc2)C1=O. The van der Waals surface area contributed by atoms with Gasteiger partial charge in [-0.15, -0.1) is 0 Å². The molecule has 0 saturated carbocycles. The standard InChI is InChI=1S/C17H25NO/c1-17(2,3)11-9-15-10-12-18(16(15)19)13-14-7-5-4-6-8-14/h4-8,15H,9-13H2,1-3H3. The van der Waals surface area contributed by atoms with Gasteiger partial charge in [0.2, 0.25) is 5.91 Å². The Morgan fingerprint density at radius 3 is 2.53 bits per heavy atom. The van der Waals surface area contributed by atoms with Crippen molar-refractivity contribution in [1.82, 2.24) is 4.90 Å². The lowest BCUT2D eigenvalue weighted by molar-refractivity contribution is -0.131. The van der Waals surface area contributed by atoms with Crippen molar-refractivity contribution in [3.05, 3.63) is 35.9 Å². The molecule has 0 bridgehead atoms. The summed E-state index contributed by atoms with van der Waals surface area (Å²) in [6.45, 7) is 8.42. The predicted molar refractivity (Wildman–Crippen MR) is 78.7 cm³/mol. The Hall–Kier alpha value is -1.31. The summed E-state index contributed by atoms with van der Waals surface area (Å²) >= 11 is 0. The molecule has 1 aliphatic heterocycles. The van der Waals surface area contributed by atoms with E-state index in [0.29, 0.717) is 11.3 Å². The quantitative estimate of drug-likeness (QED) is 0.804. The van der Waals surface area contributed by atoms with Crippen LogP contribution in [0.25, 0.3) is 0 Å². The Balaban J connectivity index is 1.88. The molecule has 1 heterocycles. The highest BCUT2D eigenvalue weighted by molar-refractivity contribution is 5.80. The highest BCUT2D eigenvalue weighted by atomic mass is 16.2. The van der Waals surface area contributed by atoms with E-state index in [4.69, 9.17) is 0 Å². The van der Waals surface area contributed by atoms with Gasteiger partial charge in [-0.1, -0.05) is 51.1 Å². The van der Waals surface area contributed by atoms with Gasteiger partial charge in [0.05, 0.1) is 0 Å². The number of rotatable bonds is 4. The van der Waals surface area contributed by atoms with Crippen molar-refractivity contribution in [2.75, 3.05) is 6.54 Å². The first-order chi connectivity index (χ1) is 8.96. The van der Waals surface area contributed by atoms with E-state index in [1.54, 1.807) is 0 Å². The minimum atomic E-state index is 0.253. The van der Waals surface area contributed by atoms with Crippen LogP contribution in [0.3, 0.4) is 0 Å². The molecule has 0 N–H and O–H groups in total. The Labute approximate surface area is 116 Å². The number of nitrogens with zero attached hydrogens (tertiary/aromatic N) is 1. The molecule has 1 unspecified atom stereocenters. The number of likely N-dealkylation sites (tertiary alicyclic amines) is 1. The molecule has 1 aliphatic rings. The third-order valence-electron chi connectivity index (χ3n) is 3.87. The zero-order valence-electron chi connectivity index (χ0n) is 12.4. The van der Waals surface area contributed by atoms with Gasteiger partial charge in [-0.25, -0.2) is 0 Å². The van der Waals surface area contributed by atoms with Crippen LogP contribution in [0.15, 0.2) is 30.3 Å². The second kappa shape index (κ2) is 5.77. The topological polar surface area (TPSA) is 20.3 Å². The smallest absolute Gasteiger partial charge is 0.226 e. The van der Waals surface area contributed by atoms with E-state index in [-0.39, 0.29) is 5.92 Å². The zero-order valence-corrected chi connectivity index (χ0v) is 12.4. The van der Waals surface area contributed by atoms with Crippen molar-refractivity contribution in [3.8, 4) is 0 Å². The molecule has 1 amide bonds. The van der Waals surface area contributed by atoms with E-state index in [0.717, 1.165) is 32.4 Å². The number of hydrogen-bond acceptors (Lipinski definition) is 1. The molecule has 2 rings (SSSR count). The molecule has 0 radical (unpaired) electrons. The van der Waals surface area contributed by atoms with E-state index in [1.165, 1.54) is 5.56 Å². The van der Waals surface area contributed by atoms with Gasteiger partial charge >= 0.3 is 0 Å². The Morgan fingerprint density at radius 1 is 1.21 bits per heavy atom. The minimum absolute atomic E-state index is 0.253. The lowest BCUT2D eigenvalue weighted by Gasteiger charge is -2.20. The van der Waals surface area contributed by atoms with Gasteiger partial charge in [-0.2, -0.15) is 0 Å². The maximum Gasteiger partial charge on any atom is 0.226 e. The fourth-order valence-electron chi connectivity index (χ4n) is 2.64. The first-order valence-electron chi connectivity index (χ1n) is 7.28. The summed E-state index contributed by atoms with van der Waals surface area (Å²) in [6, 6.07) is 10.3. The van der Waals surface area contributed by atoms with Crippen LogP contribution in [-0.2, 0) is 11.3 Å². The highest BCUT2D eigenvalue weighted by Gasteiger charge is 2.31. The van der Waals surface area contributed by atoms with E-state index >= 15 is 0 Å². The number of hydrogen-bond donors (Lipinski definition) is 0. The lowest BCUT2D eigenvalue weighted by atomic mass is 9.86. The molecule has 19 heavy (non-hydrogen) atoms. The number of benzene rings is 1. The predicted octanol–water partition coefficient (Wildman–Crippen LogP) is 3.86. The molecule has 104 valence electrons. The van der Waals surface area contributed by atoms with Crippen LogP contribution in [0.5, 0.6) is 0 Å². The first-order valence-corrected chi connectivity index (χ1v) is 7.28. The summed E-state index contributed by atoms with van der Waals surface area (Å²) in [7, 11) is 0. The molecular weight excluding hydrogens is 234 g/mol. The summed E-state index contributed by atoms with van der Waals surface area (Å²) in [5, 5.41) is 0. The fraction of sp³-hybridized carbons (Fsp3) is 0.588. The van der Waals surface area contributed by atoms with Crippen molar-refractivity contribution in [1.29, 1.82) is 0 Å². The maximum atomic E-state index is 12.4. The van der Waals surface area contributed by atoms with Crippen LogP contribution < -0.4 is 0 Å². The average Bonchev–Trinajstić information content (AvgIpc) is 2.69. The van der Waals surface area contributed by atoms with E-state index in [1.807, 2.05) is 23.1 Å². The van der Waals surface area contributed by atoms with Gasteiger partial charge in [0, 0.05) is 19.0 Å². The molecule has 2 nitrogen and oxygen atoms in total. The summed E-state index contributed by atoms with van der Waals surface area (Å²) in [6.07, 6.45) is 3.19. The van der Waals surface area contributed by atoms with Gasteiger partial charge in [-0.3, -0.25) is 4.79 Å². The van der Waals surface area contributed by atoms with Gasteiger partial charge in [-0.05, 0) is 30.2 Å². The van der Waals surface area contributed by atoms with Crippen molar-refractivity contribution in [2.24, 2.45) is 11.3 Å². The molecule has 0 aromatic heterocycles. The summed E-state index contributed by atoms with van der Waals surface area (Å²) in [5.41, 5.74) is 1.56. The van der Waals surface area contributed by atoms with Crippen molar-refractivity contribution in [2.45, 2.75) is 46.6 Å². The van der Waals surface area contributed by atoms with Crippen LogP contribution in [0.4, 0.5) is 0 Å². The van der Waals surface area contributed by atoms with Crippen LogP contribution in [0.2, 0.25) is 0 Å². The number of amides is 1. The number of carbonyl (C=O) groups is 1. The summed E-state index contributed by atoms with van der Waals surface area (Å²) in [5.74, 6) is 0.607. The van der Waals surface area contributed by atoms with Crippen LogP contribution in [-0.4, -0.2) is 17.4 Å². The molecule has 1 atom stereocenters. The molecular formula is C17H25NO. The summed E-state index contributed by atoms with van der Waals surface area (Å²) < 4.78 is 0. The Morgan fingerprint density at radius 2 is 1.89 bits per heavy atom. The Bertz CT molecular complexity index is 419. The van der Waals surface area contributed by atoms with E-state index in [2.05, 4.69) is 32.9 Å². The lowest BCUT2D eigenvalue weighted by Crippen LogP contribution is -2.27. The van der Waals surface area contributed by atoms with Crippen molar-refractivity contribution in [3.63, 3.8) is 0 Å². The van der Waals surface area contributed by atoms with Gasteiger partial charge in [0.15, 0.2) is 0 Å². The molecule has 1 aromatic rings. The second-order valence-electron chi connectivity index (χ2n) is 6.83. The van der Waals surface area contributed by atoms with Crippen LogP contribution >= 0.6 is 0 Å². The van der Waals surface area contributed by atoms with Crippen LogP contribution in [0.1, 0.15) is 45.6 Å². The number of carbonyl (C=O) groups excluding carboxylic acids is 1. The third kappa shape index (κ3) is 4.09. The highest BCUT2D eigenvalue weighted by Crippen LogP contribution is 2.29. The molecule has 1 saturated heterocycles. The van der Waals surface area contributed by atoms with Gasteiger partial charge in [0.1, 0.15) is 0 Å². The molecule has 0 aliphatic carbocycles. The fourth-order valence-corrected chi connectivity index (χ4v) is 2.64. The van der Waals surface area contributed by atoms with Crippen molar-refractivity contribution < 1.29 is 4.79 Å². The second-order valence-corrected chi connectivity index (χ2v) is 6.83. The van der Waals surface area contributed by atoms with E-state index in [9.17, 15) is 4.79 Å². The molecule has 1 fully saturated rings.